The molecule has 2 heteroatoms. The zero-order valence-electron chi connectivity index (χ0n) is 13.8. The molecular weight excluding hydrogens is 292 g/mol. The van der Waals surface area contributed by atoms with E-state index in [2.05, 4.69) is 90.7 Å². The summed E-state index contributed by atoms with van der Waals surface area (Å²) in [5, 5.41) is 0. The Morgan fingerprint density at radius 2 is 1.42 bits per heavy atom. The van der Waals surface area contributed by atoms with Crippen molar-refractivity contribution in [2.75, 3.05) is 0 Å². The summed E-state index contributed by atoms with van der Waals surface area (Å²) in [6, 6.07) is 29.8. The molecule has 1 unspecified atom stereocenters. The highest BCUT2D eigenvalue weighted by Gasteiger charge is 2.27. The summed E-state index contributed by atoms with van der Waals surface area (Å²) in [6.45, 7) is 3.11. The zero-order valence-corrected chi connectivity index (χ0v) is 13.8. The van der Waals surface area contributed by atoms with Gasteiger partial charge in [-0.2, -0.15) is 0 Å². The van der Waals surface area contributed by atoms with E-state index in [-0.39, 0.29) is 6.04 Å². The van der Waals surface area contributed by atoms with Gasteiger partial charge in [0.15, 0.2) is 0 Å². The highest BCUT2D eigenvalue weighted by molar-refractivity contribution is 6.01. The number of fused-ring (bicyclic) bond motifs is 1. The van der Waals surface area contributed by atoms with Crippen LogP contribution in [0.3, 0.4) is 0 Å². The van der Waals surface area contributed by atoms with Crippen LogP contribution in [0.4, 0.5) is 5.69 Å². The Bertz CT molecular complexity index is 853. The largest absolute Gasteiger partial charge is 0.345 e. The number of rotatable bonds is 3. The fourth-order valence-electron chi connectivity index (χ4n) is 3.28. The second kappa shape index (κ2) is 6.32. The molecule has 1 heterocycles. The summed E-state index contributed by atoms with van der Waals surface area (Å²) in [4.78, 5) is 7.38. The maximum Gasteiger partial charge on any atom is 0.137 e. The predicted molar refractivity (Wildman–Crippen MR) is 99.5 cm³/mol. The Morgan fingerprint density at radius 1 is 0.792 bits per heavy atom. The SMILES string of the molecule is CC1c2ccccc2N=C(c2ccccc2)N1Cc1ccccc1. The fourth-order valence-corrected chi connectivity index (χ4v) is 3.28. The molecule has 0 N–H and O–H groups in total. The molecule has 3 aromatic rings. The van der Waals surface area contributed by atoms with Gasteiger partial charge in [-0.05, 0) is 18.6 Å². The summed E-state index contributed by atoms with van der Waals surface area (Å²) in [5.74, 6) is 1.05. The van der Waals surface area contributed by atoms with E-state index in [0.717, 1.165) is 23.6 Å². The van der Waals surface area contributed by atoms with Crippen molar-refractivity contribution in [1.82, 2.24) is 4.90 Å². The van der Waals surface area contributed by atoms with Gasteiger partial charge < -0.3 is 4.90 Å². The zero-order chi connectivity index (χ0) is 16.4. The van der Waals surface area contributed by atoms with Crippen molar-refractivity contribution < 1.29 is 0 Å². The van der Waals surface area contributed by atoms with Crippen molar-refractivity contribution in [3.8, 4) is 0 Å². The van der Waals surface area contributed by atoms with Crippen LogP contribution in [0, 0.1) is 0 Å². The van der Waals surface area contributed by atoms with Gasteiger partial charge >= 0.3 is 0 Å². The van der Waals surface area contributed by atoms with Crippen LogP contribution in [-0.2, 0) is 6.54 Å². The van der Waals surface area contributed by atoms with Gasteiger partial charge in [-0.15, -0.1) is 0 Å². The van der Waals surface area contributed by atoms with Gasteiger partial charge in [0.1, 0.15) is 5.84 Å². The summed E-state index contributed by atoms with van der Waals surface area (Å²) in [7, 11) is 0. The van der Waals surface area contributed by atoms with Crippen LogP contribution in [0.1, 0.15) is 29.7 Å². The van der Waals surface area contributed by atoms with Crippen LogP contribution >= 0.6 is 0 Å². The molecule has 4 rings (SSSR count). The van der Waals surface area contributed by atoms with Crippen LogP contribution in [0.5, 0.6) is 0 Å². The van der Waals surface area contributed by atoms with Gasteiger partial charge in [0, 0.05) is 17.7 Å². The van der Waals surface area contributed by atoms with E-state index < -0.39 is 0 Å². The minimum atomic E-state index is 0.286. The van der Waals surface area contributed by atoms with E-state index in [1.54, 1.807) is 0 Å². The smallest absolute Gasteiger partial charge is 0.137 e. The average Bonchev–Trinajstić information content (AvgIpc) is 2.65. The van der Waals surface area contributed by atoms with Crippen LogP contribution in [0.2, 0.25) is 0 Å². The van der Waals surface area contributed by atoms with Gasteiger partial charge in [0.25, 0.3) is 0 Å². The molecule has 1 atom stereocenters. The topological polar surface area (TPSA) is 15.6 Å². The number of nitrogens with zero attached hydrogens (tertiary/aromatic N) is 2. The third kappa shape index (κ3) is 2.71. The lowest BCUT2D eigenvalue weighted by atomic mass is 9.99. The number of benzene rings is 3. The molecule has 0 aromatic heterocycles. The van der Waals surface area contributed by atoms with Gasteiger partial charge in [0.2, 0.25) is 0 Å². The molecule has 1 aliphatic rings. The third-order valence-electron chi connectivity index (χ3n) is 4.58. The maximum absolute atomic E-state index is 4.99. The Balaban J connectivity index is 1.80. The molecule has 0 radical (unpaired) electrons. The molecule has 24 heavy (non-hydrogen) atoms. The van der Waals surface area contributed by atoms with Gasteiger partial charge in [-0.25, -0.2) is 4.99 Å². The van der Waals surface area contributed by atoms with Crippen molar-refractivity contribution in [3.05, 3.63) is 102 Å². The van der Waals surface area contributed by atoms with Gasteiger partial charge in [-0.3, -0.25) is 0 Å². The maximum atomic E-state index is 4.99. The monoisotopic (exact) mass is 312 g/mol. The molecular formula is C22H20N2. The minimum absolute atomic E-state index is 0.286. The van der Waals surface area contributed by atoms with E-state index in [1.165, 1.54) is 11.1 Å². The quantitative estimate of drug-likeness (QED) is 0.637. The van der Waals surface area contributed by atoms with E-state index in [4.69, 9.17) is 4.99 Å². The normalized spacial score (nSPS) is 16.5. The molecule has 0 saturated carbocycles. The molecule has 0 saturated heterocycles. The summed E-state index contributed by atoms with van der Waals surface area (Å²) >= 11 is 0. The van der Waals surface area contributed by atoms with E-state index in [1.807, 2.05) is 6.07 Å². The molecule has 3 aromatic carbocycles. The summed E-state index contributed by atoms with van der Waals surface area (Å²) in [5.41, 5.74) is 4.82. The average molecular weight is 312 g/mol. The number of amidine groups is 1. The van der Waals surface area contributed by atoms with Crippen molar-refractivity contribution in [2.24, 2.45) is 4.99 Å². The molecule has 118 valence electrons. The molecule has 0 amide bonds. The molecule has 1 aliphatic heterocycles. The number of aliphatic imine (C=N–C) groups is 1. The lowest BCUT2D eigenvalue weighted by Crippen LogP contribution is -2.36. The first-order valence-electron chi connectivity index (χ1n) is 8.36. The minimum Gasteiger partial charge on any atom is -0.345 e. The second-order valence-electron chi connectivity index (χ2n) is 6.15. The van der Waals surface area contributed by atoms with Crippen LogP contribution < -0.4 is 0 Å². The van der Waals surface area contributed by atoms with Crippen molar-refractivity contribution in [3.63, 3.8) is 0 Å². The predicted octanol–water partition coefficient (Wildman–Crippen LogP) is 5.34. The Hall–Kier alpha value is -2.87. The summed E-state index contributed by atoms with van der Waals surface area (Å²) in [6.07, 6.45) is 0. The highest BCUT2D eigenvalue weighted by atomic mass is 15.2. The lowest BCUT2D eigenvalue weighted by Gasteiger charge is -2.36. The van der Waals surface area contributed by atoms with Crippen molar-refractivity contribution >= 4 is 11.5 Å². The first kappa shape index (κ1) is 14.7. The first-order valence-corrected chi connectivity index (χ1v) is 8.36. The van der Waals surface area contributed by atoms with Gasteiger partial charge in [-0.1, -0.05) is 78.9 Å². The van der Waals surface area contributed by atoms with Crippen LogP contribution in [0.15, 0.2) is 89.9 Å². The Morgan fingerprint density at radius 3 is 2.17 bits per heavy atom. The molecule has 0 spiro atoms. The van der Waals surface area contributed by atoms with Gasteiger partial charge in [0.05, 0.1) is 11.7 Å². The Kier molecular flexibility index (Phi) is 3.87. The van der Waals surface area contributed by atoms with Crippen molar-refractivity contribution in [1.29, 1.82) is 0 Å². The molecule has 0 bridgehead atoms. The second-order valence-corrected chi connectivity index (χ2v) is 6.15. The highest BCUT2D eigenvalue weighted by Crippen LogP contribution is 2.36. The summed E-state index contributed by atoms with van der Waals surface area (Å²) < 4.78 is 0. The van der Waals surface area contributed by atoms with E-state index in [9.17, 15) is 0 Å². The fraction of sp³-hybridized carbons (Fsp3) is 0.136. The van der Waals surface area contributed by atoms with E-state index in [0.29, 0.717) is 0 Å². The first-order chi connectivity index (χ1) is 11.8. The lowest BCUT2D eigenvalue weighted by molar-refractivity contribution is 0.325. The van der Waals surface area contributed by atoms with Crippen LogP contribution in [0.25, 0.3) is 0 Å². The molecule has 0 aliphatic carbocycles. The molecule has 0 fully saturated rings. The van der Waals surface area contributed by atoms with E-state index >= 15 is 0 Å². The van der Waals surface area contributed by atoms with Crippen LogP contribution in [-0.4, -0.2) is 10.7 Å². The number of hydrogen-bond donors (Lipinski definition) is 0. The molecule has 2 nitrogen and oxygen atoms in total. The number of para-hydroxylation sites is 1. The standard InChI is InChI=1S/C22H20N2/c1-17-20-14-8-9-15-21(20)23-22(19-12-6-3-7-13-19)24(17)16-18-10-4-2-5-11-18/h2-15,17H,16H2,1H3. The third-order valence-corrected chi connectivity index (χ3v) is 4.58. The Labute approximate surface area is 143 Å². The number of hydrogen-bond acceptors (Lipinski definition) is 2. The van der Waals surface area contributed by atoms with Crippen molar-refractivity contribution in [2.45, 2.75) is 19.5 Å².